The van der Waals surface area contributed by atoms with Gasteiger partial charge in [0, 0.05) is 46.2 Å². The van der Waals surface area contributed by atoms with Gasteiger partial charge >= 0.3 is 11.8 Å². The van der Waals surface area contributed by atoms with E-state index < -0.39 is 17.6 Å². The summed E-state index contributed by atoms with van der Waals surface area (Å²) < 4.78 is 8.71. The van der Waals surface area contributed by atoms with Gasteiger partial charge in [-0.2, -0.15) is 0 Å². The minimum absolute atomic E-state index is 0.210. The van der Waals surface area contributed by atoms with Crippen molar-refractivity contribution in [2.75, 3.05) is 44.7 Å². The number of carbonyl (C=O) groups excluding carboxylic acids is 3. The van der Waals surface area contributed by atoms with Crippen LogP contribution in [0, 0.1) is 5.92 Å². The normalized spacial score (nSPS) is 21.8. The standard InChI is InChI=1S/C30H44N6O5/c1-30(2,3)41-29(40)35-17-13-21(14-18-35)34-15-11-20(12-16-34)19-32(4)22-7-6-8-23-26(22)33(5)28(39)36(23)24-9-10-25(37)31-27(24)38/h6-8,20-21,24H,9-19H2,1-5H3,(H,31,37,38). The van der Waals surface area contributed by atoms with Gasteiger partial charge in [-0.15, -0.1) is 0 Å². The summed E-state index contributed by atoms with van der Waals surface area (Å²) in [4.78, 5) is 56.6. The number of carbonyl (C=O) groups is 3. The van der Waals surface area contributed by atoms with Crippen molar-refractivity contribution in [3.05, 3.63) is 28.7 Å². The van der Waals surface area contributed by atoms with E-state index in [-0.39, 0.29) is 24.1 Å². The Bertz CT molecular complexity index is 1360. The fourth-order valence-corrected chi connectivity index (χ4v) is 6.68. The molecule has 11 heteroatoms. The maximum atomic E-state index is 13.3. The molecule has 0 spiro atoms. The lowest BCUT2D eigenvalue weighted by molar-refractivity contribution is -0.135. The number of rotatable bonds is 5. The second-order valence-electron chi connectivity index (χ2n) is 12.9. The molecule has 4 heterocycles. The number of aryl methyl sites for hydroxylation is 1. The zero-order valence-electron chi connectivity index (χ0n) is 25.0. The summed E-state index contributed by atoms with van der Waals surface area (Å²) in [6.07, 6.45) is 4.49. The Balaban J connectivity index is 1.20. The number of hydrogen-bond acceptors (Lipinski definition) is 7. The van der Waals surface area contributed by atoms with Crippen molar-refractivity contribution in [1.29, 1.82) is 0 Å². The minimum atomic E-state index is -0.690. The average Bonchev–Trinajstić information content (AvgIpc) is 3.18. The second-order valence-corrected chi connectivity index (χ2v) is 12.9. The molecule has 3 aliphatic rings. The molecule has 3 aliphatic heterocycles. The third-order valence-electron chi connectivity index (χ3n) is 8.83. The molecule has 3 saturated heterocycles. The Labute approximate surface area is 241 Å². The lowest BCUT2D eigenvalue weighted by Crippen LogP contribution is -2.50. The predicted molar refractivity (Wildman–Crippen MR) is 157 cm³/mol. The Hall–Kier alpha value is -3.34. The van der Waals surface area contributed by atoms with E-state index in [1.54, 1.807) is 16.2 Å². The van der Waals surface area contributed by atoms with Crippen molar-refractivity contribution in [3.8, 4) is 0 Å². The molecule has 2 aromatic rings. The van der Waals surface area contributed by atoms with Gasteiger partial charge in [0.25, 0.3) is 0 Å². The van der Waals surface area contributed by atoms with Crippen LogP contribution in [-0.4, -0.2) is 88.3 Å². The molecule has 1 aromatic heterocycles. The Kier molecular flexibility index (Phi) is 8.18. The molecule has 1 N–H and O–H groups in total. The first kappa shape index (κ1) is 29.2. The first-order chi connectivity index (χ1) is 19.4. The molecule has 224 valence electrons. The van der Waals surface area contributed by atoms with Gasteiger partial charge in [0.2, 0.25) is 11.8 Å². The van der Waals surface area contributed by atoms with E-state index in [4.69, 9.17) is 4.74 Å². The fourth-order valence-electron chi connectivity index (χ4n) is 6.68. The van der Waals surface area contributed by atoms with Crippen LogP contribution in [0.1, 0.15) is 65.3 Å². The van der Waals surface area contributed by atoms with Gasteiger partial charge in [-0.05, 0) is 84.0 Å². The van der Waals surface area contributed by atoms with Crippen LogP contribution in [0.5, 0.6) is 0 Å². The van der Waals surface area contributed by atoms with E-state index in [9.17, 15) is 19.2 Å². The van der Waals surface area contributed by atoms with Gasteiger partial charge < -0.3 is 19.4 Å². The molecule has 3 fully saturated rings. The van der Waals surface area contributed by atoms with E-state index in [1.165, 1.54) is 0 Å². The maximum Gasteiger partial charge on any atom is 0.410 e. The Morgan fingerprint density at radius 2 is 1.71 bits per heavy atom. The molecule has 3 amide bonds. The van der Waals surface area contributed by atoms with E-state index in [0.717, 1.165) is 69.6 Å². The highest BCUT2D eigenvalue weighted by Crippen LogP contribution is 2.31. The van der Waals surface area contributed by atoms with E-state index in [1.807, 2.05) is 43.9 Å². The number of hydrogen-bond donors (Lipinski definition) is 1. The Morgan fingerprint density at radius 3 is 2.34 bits per heavy atom. The molecule has 0 saturated carbocycles. The van der Waals surface area contributed by atoms with Crippen LogP contribution >= 0.6 is 0 Å². The van der Waals surface area contributed by atoms with Crippen molar-refractivity contribution < 1.29 is 19.1 Å². The summed E-state index contributed by atoms with van der Waals surface area (Å²) in [6.45, 7) is 10.2. The molecular formula is C30H44N6O5. The smallest absolute Gasteiger partial charge is 0.410 e. The number of benzene rings is 1. The number of piperidine rings is 3. The van der Waals surface area contributed by atoms with E-state index in [0.29, 0.717) is 23.9 Å². The van der Waals surface area contributed by atoms with Crippen LogP contribution in [0.2, 0.25) is 0 Å². The third-order valence-corrected chi connectivity index (χ3v) is 8.83. The number of ether oxygens (including phenoxy) is 1. The highest BCUT2D eigenvalue weighted by Gasteiger charge is 2.33. The number of amides is 3. The van der Waals surface area contributed by atoms with Crippen molar-refractivity contribution in [2.45, 2.75) is 77.0 Å². The highest BCUT2D eigenvalue weighted by molar-refractivity contribution is 6.00. The number of para-hydroxylation sites is 1. The minimum Gasteiger partial charge on any atom is -0.444 e. The van der Waals surface area contributed by atoms with Crippen LogP contribution in [0.4, 0.5) is 10.5 Å². The van der Waals surface area contributed by atoms with E-state index >= 15 is 0 Å². The topological polar surface area (TPSA) is 109 Å². The Morgan fingerprint density at radius 1 is 1.02 bits per heavy atom. The van der Waals surface area contributed by atoms with E-state index in [2.05, 4.69) is 22.2 Å². The summed E-state index contributed by atoms with van der Waals surface area (Å²) in [5.41, 5.74) is 1.76. The summed E-state index contributed by atoms with van der Waals surface area (Å²) >= 11 is 0. The largest absolute Gasteiger partial charge is 0.444 e. The van der Waals surface area contributed by atoms with Crippen molar-refractivity contribution in [2.24, 2.45) is 13.0 Å². The quantitative estimate of drug-likeness (QED) is 0.553. The lowest BCUT2D eigenvalue weighted by atomic mass is 9.93. The molecule has 1 aromatic carbocycles. The second kappa shape index (κ2) is 11.5. The van der Waals surface area contributed by atoms with Crippen LogP contribution < -0.4 is 15.9 Å². The first-order valence-corrected chi connectivity index (χ1v) is 14.9. The molecule has 1 atom stereocenters. The van der Waals surface area contributed by atoms with Crippen molar-refractivity contribution >= 4 is 34.6 Å². The van der Waals surface area contributed by atoms with Gasteiger partial charge in [0.05, 0.1) is 16.7 Å². The average molecular weight is 569 g/mol. The fraction of sp³-hybridized carbons (Fsp3) is 0.667. The number of nitrogens with one attached hydrogen (secondary N) is 1. The number of imidazole rings is 1. The maximum absolute atomic E-state index is 13.3. The zero-order chi connectivity index (χ0) is 29.5. The molecule has 1 unspecified atom stereocenters. The number of anilines is 1. The number of fused-ring (bicyclic) bond motifs is 1. The van der Waals surface area contributed by atoms with Gasteiger partial charge in [-0.3, -0.25) is 24.0 Å². The van der Waals surface area contributed by atoms with Crippen molar-refractivity contribution in [1.82, 2.24) is 24.3 Å². The number of nitrogens with zero attached hydrogens (tertiary/aromatic N) is 5. The highest BCUT2D eigenvalue weighted by atomic mass is 16.6. The van der Waals surface area contributed by atoms with Crippen LogP contribution in [0.3, 0.4) is 0 Å². The first-order valence-electron chi connectivity index (χ1n) is 14.9. The summed E-state index contributed by atoms with van der Waals surface area (Å²) in [6, 6.07) is 5.66. The summed E-state index contributed by atoms with van der Waals surface area (Å²) in [5, 5.41) is 2.38. The SMILES string of the molecule is CN(CC1CCN(C2CCN(C(=O)OC(C)(C)C)CC2)CC1)c1cccc2c1n(C)c(=O)n2C1CCC(=O)NC1=O. The number of aromatic nitrogens is 2. The third kappa shape index (κ3) is 6.14. The van der Waals surface area contributed by atoms with Gasteiger partial charge in [0.1, 0.15) is 11.6 Å². The monoisotopic (exact) mass is 568 g/mol. The summed E-state index contributed by atoms with van der Waals surface area (Å²) in [5.74, 6) is -0.184. The van der Waals surface area contributed by atoms with Gasteiger partial charge in [-0.25, -0.2) is 9.59 Å². The number of imide groups is 1. The molecule has 11 nitrogen and oxygen atoms in total. The van der Waals surface area contributed by atoms with Crippen LogP contribution in [0.25, 0.3) is 11.0 Å². The molecule has 5 rings (SSSR count). The molecule has 0 radical (unpaired) electrons. The molecule has 41 heavy (non-hydrogen) atoms. The summed E-state index contributed by atoms with van der Waals surface area (Å²) in [7, 11) is 3.82. The molecule has 0 bridgehead atoms. The van der Waals surface area contributed by atoms with Crippen LogP contribution in [-0.2, 0) is 21.4 Å². The molecule has 0 aliphatic carbocycles. The molecular weight excluding hydrogens is 524 g/mol. The zero-order valence-corrected chi connectivity index (χ0v) is 25.0. The predicted octanol–water partition coefficient (Wildman–Crippen LogP) is 2.87. The van der Waals surface area contributed by atoms with Crippen LogP contribution in [0.15, 0.2) is 23.0 Å². The van der Waals surface area contributed by atoms with Crippen molar-refractivity contribution in [3.63, 3.8) is 0 Å². The lowest BCUT2D eigenvalue weighted by Gasteiger charge is -2.42. The number of likely N-dealkylation sites (tertiary alicyclic amines) is 2. The van der Waals surface area contributed by atoms with Gasteiger partial charge in [0.15, 0.2) is 0 Å². The van der Waals surface area contributed by atoms with Gasteiger partial charge in [-0.1, -0.05) is 6.07 Å².